The fourth-order valence-electron chi connectivity index (χ4n) is 3.61. The van der Waals surface area contributed by atoms with Gasteiger partial charge in [0, 0.05) is 23.2 Å². The molecule has 9 heteroatoms. The standard InChI is InChI=1S/C23H27N3O6/c1-12(2)32-18-7-6-13(8-19(18)31-5)20(28)25-26-22(30)15-9-14-16(24-21(15)29)10-23(3,4)11-17(14)27/h6-9,12H,10-11H2,1-5H3,(H,24,29)(H,25,28)(H,26,30). The van der Waals surface area contributed by atoms with E-state index < -0.39 is 17.4 Å². The lowest BCUT2D eigenvalue weighted by molar-refractivity contribution is 0.0844. The number of aromatic amines is 1. The first-order valence-electron chi connectivity index (χ1n) is 10.3. The minimum Gasteiger partial charge on any atom is -0.493 e. The molecule has 0 saturated heterocycles. The quantitative estimate of drug-likeness (QED) is 0.612. The smallest absolute Gasteiger partial charge is 0.275 e. The number of carbonyl (C=O) groups excluding carboxylic acids is 3. The molecule has 0 saturated carbocycles. The van der Waals surface area contributed by atoms with Crippen LogP contribution in [0.15, 0.2) is 29.1 Å². The number of Topliss-reactive ketones (excluding diaryl/α,β-unsaturated/α-hetero) is 1. The number of hydrogen-bond acceptors (Lipinski definition) is 6. The molecule has 1 aliphatic rings. The van der Waals surface area contributed by atoms with Gasteiger partial charge in [-0.3, -0.25) is 30.0 Å². The summed E-state index contributed by atoms with van der Waals surface area (Å²) in [5, 5.41) is 0. The Kier molecular flexibility index (Phi) is 6.38. The van der Waals surface area contributed by atoms with Crippen LogP contribution < -0.4 is 25.9 Å². The zero-order valence-electron chi connectivity index (χ0n) is 18.8. The summed E-state index contributed by atoms with van der Waals surface area (Å²) in [5.74, 6) is -0.727. The SMILES string of the molecule is COc1cc(C(=O)NNC(=O)c2cc3c([nH]c2=O)CC(C)(C)CC3=O)ccc1OC(C)C. The van der Waals surface area contributed by atoms with Crippen molar-refractivity contribution in [3.8, 4) is 11.5 Å². The monoisotopic (exact) mass is 441 g/mol. The largest absolute Gasteiger partial charge is 0.493 e. The van der Waals surface area contributed by atoms with E-state index in [1.807, 2.05) is 27.7 Å². The van der Waals surface area contributed by atoms with Gasteiger partial charge in [0.2, 0.25) is 0 Å². The van der Waals surface area contributed by atoms with Crippen molar-refractivity contribution in [3.05, 3.63) is 57.0 Å². The number of carbonyl (C=O) groups is 3. The van der Waals surface area contributed by atoms with E-state index in [1.54, 1.807) is 6.07 Å². The molecular weight excluding hydrogens is 414 g/mol. The van der Waals surface area contributed by atoms with Crippen molar-refractivity contribution in [2.24, 2.45) is 5.41 Å². The van der Waals surface area contributed by atoms with Crippen LogP contribution in [0.25, 0.3) is 0 Å². The van der Waals surface area contributed by atoms with Crippen molar-refractivity contribution in [1.29, 1.82) is 0 Å². The molecule has 170 valence electrons. The van der Waals surface area contributed by atoms with Crippen LogP contribution in [0, 0.1) is 5.41 Å². The second kappa shape index (κ2) is 8.86. The lowest BCUT2D eigenvalue weighted by Gasteiger charge is -2.29. The van der Waals surface area contributed by atoms with Crippen molar-refractivity contribution in [1.82, 2.24) is 15.8 Å². The first-order chi connectivity index (χ1) is 15.0. The second-order valence-electron chi connectivity index (χ2n) is 8.79. The van der Waals surface area contributed by atoms with Crippen LogP contribution in [0.1, 0.15) is 70.9 Å². The number of hydrazine groups is 1. The Labute approximate surface area is 185 Å². The zero-order valence-corrected chi connectivity index (χ0v) is 18.8. The normalized spacial score (nSPS) is 14.5. The van der Waals surface area contributed by atoms with E-state index in [4.69, 9.17) is 9.47 Å². The van der Waals surface area contributed by atoms with E-state index >= 15 is 0 Å². The number of ether oxygens (including phenoxy) is 2. The van der Waals surface area contributed by atoms with Gasteiger partial charge in [-0.1, -0.05) is 13.8 Å². The molecule has 0 fully saturated rings. The third-order valence-electron chi connectivity index (χ3n) is 5.04. The van der Waals surface area contributed by atoms with Gasteiger partial charge in [-0.05, 0) is 49.9 Å². The number of nitrogens with one attached hydrogen (secondary N) is 3. The topological polar surface area (TPSA) is 127 Å². The number of pyridine rings is 1. The summed E-state index contributed by atoms with van der Waals surface area (Å²) in [6, 6.07) is 5.88. The molecule has 9 nitrogen and oxygen atoms in total. The van der Waals surface area contributed by atoms with Crippen molar-refractivity contribution < 1.29 is 23.9 Å². The summed E-state index contributed by atoms with van der Waals surface area (Å²) in [6.07, 6.45) is 0.776. The Morgan fingerprint density at radius 1 is 1.03 bits per heavy atom. The molecular formula is C23H27N3O6. The van der Waals surface area contributed by atoms with E-state index in [1.165, 1.54) is 25.3 Å². The van der Waals surface area contributed by atoms with Gasteiger partial charge in [0.15, 0.2) is 17.3 Å². The zero-order chi connectivity index (χ0) is 23.6. The summed E-state index contributed by atoms with van der Waals surface area (Å²) in [6.45, 7) is 7.62. The van der Waals surface area contributed by atoms with E-state index in [0.717, 1.165) is 0 Å². The molecule has 0 atom stereocenters. The fourth-order valence-corrected chi connectivity index (χ4v) is 3.61. The first kappa shape index (κ1) is 23.1. The minimum atomic E-state index is -0.827. The van der Waals surface area contributed by atoms with Crippen molar-refractivity contribution >= 4 is 17.6 Å². The number of H-pyrrole nitrogens is 1. The third-order valence-corrected chi connectivity index (χ3v) is 5.04. The molecule has 1 aromatic heterocycles. The van der Waals surface area contributed by atoms with Crippen LogP contribution >= 0.6 is 0 Å². The molecule has 0 radical (unpaired) electrons. The number of benzene rings is 1. The molecule has 0 aliphatic heterocycles. The number of fused-ring (bicyclic) bond motifs is 1. The molecule has 3 N–H and O–H groups in total. The molecule has 0 bridgehead atoms. The number of ketones is 1. The number of hydrogen-bond donors (Lipinski definition) is 3. The maximum Gasteiger partial charge on any atom is 0.275 e. The molecule has 2 aromatic rings. The summed E-state index contributed by atoms with van der Waals surface area (Å²) in [5.41, 5.74) is 4.41. The van der Waals surface area contributed by atoms with Crippen molar-refractivity contribution in [2.75, 3.05) is 7.11 Å². The molecule has 1 aliphatic carbocycles. The number of aromatic nitrogens is 1. The summed E-state index contributed by atoms with van der Waals surface area (Å²) < 4.78 is 10.9. The van der Waals surface area contributed by atoms with E-state index in [2.05, 4.69) is 15.8 Å². The molecule has 0 unspecified atom stereocenters. The molecule has 32 heavy (non-hydrogen) atoms. The Bertz CT molecular complexity index is 1130. The Balaban J connectivity index is 1.74. The van der Waals surface area contributed by atoms with Gasteiger partial charge >= 0.3 is 0 Å². The maximum absolute atomic E-state index is 12.5. The highest BCUT2D eigenvalue weighted by atomic mass is 16.5. The molecule has 1 heterocycles. The van der Waals surface area contributed by atoms with Crippen LogP contribution in [0.3, 0.4) is 0 Å². The van der Waals surface area contributed by atoms with Crippen LogP contribution in [0.4, 0.5) is 0 Å². The van der Waals surface area contributed by atoms with Crippen molar-refractivity contribution in [3.63, 3.8) is 0 Å². The number of amides is 2. The van der Waals surface area contributed by atoms with Gasteiger partial charge in [0.1, 0.15) is 5.56 Å². The number of methoxy groups -OCH3 is 1. The minimum absolute atomic E-state index is 0.0736. The Hall–Kier alpha value is -3.62. The first-order valence-corrected chi connectivity index (χ1v) is 10.3. The number of rotatable bonds is 5. The predicted molar refractivity (Wildman–Crippen MR) is 117 cm³/mol. The van der Waals surface area contributed by atoms with Gasteiger partial charge < -0.3 is 14.5 Å². The third kappa shape index (κ3) is 4.99. The van der Waals surface area contributed by atoms with Crippen LogP contribution in [-0.4, -0.2) is 35.8 Å². The summed E-state index contributed by atoms with van der Waals surface area (Å²) in [4.78, 5) is 52.5. The average Bonchev–Trinajstić information content (AvgIpc) is 2.70. The average molecular weight is 441 g/mol. The van der Waals surface area contributed by atoms with Crippen LogP contribution in [0.5, 0.6) is 11.5 Å². The van der Waals surface area contributed by atoms with Gasteiger partial charge in [0.05, 0.1) is 13.2 Å². The maximum atomic E-state index is 12.5. The van der Waals surface area contributed by atoms with E-state index in [0.29, 0.717) is 35.6 Å². The highest BCUT2D eigenvalue weighted by Crippen LogP contribution is 2.33. The summed E-state index contributed by atoms with van der Waals surface area (Å²) in [7, 11) is 1.46. The molecule has 2 amide bonds. The van der Waals surface area contributed by atoms with Crippen LogP contribution in [-0.2, 0) is 6.42 Å². The lowest BCUT2D eigenvalue weighted by Crippen LogP contribution is -2.44. The fraction of sp³-hybridized carbons (Fsp3) is 0.391. The lowest BCUT2D eigenvalue weighted by atomic mass is 9.75. The van der Waals surface area contributed by atoms with Gasteiger partial charge in [0.25, 0.3) is 17.4 Å². The Morgan fingerprint density at radius 3 is 2.38 bits per heavy atom. The van der Waals surface area contributed by atoms with Gasteiger partial charge in [-0.25, -0.2) is 0 Å². The highest BCUT2D eigenvalue weighted by molar-refractivity contribution is 6.03. The molecule has 3 rings (SSSR count). The van der Waals surface area contributed by atoms with Gasteiger partial charge in [-0.15, -0.1) is 0 Å². The Morgan fingerprint density at radius 2 is 1.72 bits per heavy atom. The molecule has 0 spiro atoms. The van der Waals surface area contributed by atoms with Crippen LogP contribution in [0.2, 0.25) is 0 Å². The molecule has 1 aromatic carbocycles. The summed E-state index contributed by atoms with van der Waals surface area (Å²) >= 11 is 0. The second-order valence-corrected chi connectivity index (χ2v) is 8.79. The van der Waals surface area contributed by atoms with Crippen molar-refractivity contribution in [2.45, 2.75) is 46.6 Å². The van der Waals surface area contributed by atoms with Gasteiger partial charge in [-0.2, -0.15) is 0 Å². The highest BCUT2D eigenvalue weighted by Gasteiger charge is 2.32. The van der Waals surface area contributed by atoms with E-state index in [-0.39, 0.29) is 28.4 Å². The van der Waals surface area contributed by atoms with E-state index in [9.17, 15) is 19.2 Å². The predicted octanol–water partition coefficient (Wildman–Crippen LogP) is 2.40.